The van der Waals surface area contributed by atoms with Crippen LogP contribution in [0.3, 0.4) is 0 Å². The zero-order chi connectivity index (χ0) is 15.2. The molecular formula is C15H17N3O3. The summed E-state index contributed by atoms with van der Waals surface area (Å²) in [7, 11) is 1.62. The SMILES string of the molecule is COc1ccccc1[C@H](C)NCc1ncncc1C(=O)O. The van der Waals surface area contributed by atoms with Crippen LogP contribution in [0, 0.1) is 0 Å². The predicted octanol–water partition coefficient (Wildman–Crippen LogP) is 2.03. The number of carboxylic acids is 1. The van der Waals surface area contributed by atoms with Crippen LogP contribution >= 0.6 is 0 Å². The van der Waals surface area contributed by atoms with Crippen LogP contribution in [0.2, 0.25) is 0 Å². The largest absolute Gasteiger partial charge is 0.496 e. The van der Waals surface area contributed by atoms with Gasteiger partial charge in [0.25, 0.3) is 0 Å². The summed E-state index contributed by atoms with van der Waals surface area (Å²) in [6.45, 7) is 2.32. The first-order chi connectivity index (χ1) is 10.1. The molecule has 0 fully saturated rings. The molecule has 2 N–H and O–H groups in total. The van der Waals surface area contributed by atoms with Crippen molar-refractivity contribution < 1.29 is 14.6 Å². The van der Waals surface area contributed by atoms with E-state index in [0.29, 0.717) is 12.2 Å². The Morgan fingerprint density at radius 3 is 2.90 bits per heavy atom. The highest BCUT2D eigenvalue weighted by Crippen LogP contribution is 2.24. The molecule has 0 bridgehead atoms. The maximum absolute atomic E-state index is 11.1. The van der Waals surface area contributed by atoms with Gasteiger partial charge >= 0.3 is 5.97 Å². The van der Waals surface area contributed by atoms with Crippen LogP contribution in [-0.2, 0) is 6.54 Å². The van der Waals surface area contributed by atoms with Crippen LogP contribution in [0.4, 0.5) is 0 Å². The minimum atomic E-state index is -1.03. The summed E-state index contributed by atoms with van der Waals surface area (Å²) in [4.78, 5) is 18.9. The molecule has 0 aliphatic carbocycles. The van der Waals surface area contributed by atoms with Gasteiger partial charge in [0.05, 0.1) is 12.8 Å². The number of aromatic carboxylic acids is 1. The molecule has 0 saturated carbocycles. The van der Waals surface area contributed by atoms with Crippen molar-refractivity contribution in [2.75, 3.05) is 7.11 Å². The first kappa shape index (κ1) is 14.9. The molecule has 1 heterocycles. The molecule has 0 unspecified atom stereocenters. The van der Waals surface area contributed by atoms with Crippen molar-refractivity contribution in [2.24, 2.45) is 0 Å². The summed E-state index contributed by atoms with van der Waals surface area (Å²) in [5.74, 6) is -0.240. The van der Waals surface area contributed by atoms with E-state index in [1.54, 1.807) is 7.11 Å². The van der Waals surface area contributed by atoms with E-state index in [2.05, 4.69) is 15.3 Å². The van der Waals surface area contributed by atoms with Crippen LogP contribution < -0.4 is 10.1 Å². The van der Waals surface area contributed by atoms with Crippen molar-refractivity contribution in [3.05, 3.63) is 53.6 Å². The maximum atomic E-state index is 11.1. The average molecular weight is 287 g/mol. The lowest BCUT2D eigenvalue weighted by atomic mass is 10.1. The van der Waals surface area contributed by atoms with Crippen LogP contribution in [0.15, 0.2) is 36.8 Å². The second kappa shape index (κ2) is 6.81. The summed E-state index contributed by atoms with van der Waals surface area (Å²) in [5.41, 5.74) is 1.57. The number of para-hydroxylation sites is 1. The van der Waals surface area contributed by atoms with Crippen LogP contribution in [-0.4, -0.2) is 28.2 Å². The lowest BCUT2D eigenvalue weighted by Gasteiger charge is -2.17. The van der Waals surface area contributed by atoms with Crippen LogP contribution in [0.1, 0.15) is 34.6 Å². The number of aromatic nitrogens is 2. The Hall–Kier alpha value is -2.47. The molecule has 2 rings (SSSR count). The zero-order valence-electron chi connectivity index (χ0n) is 11.9. The van der Waals surface area contributed by atoms with Crippen molar-refractivity contribution in [2.45, 2.75) is 19.5 Å². The topological polar surface area (TPSA) is 84.3 Å². The number of benzene rings is 1. The number of hydrogen-bond donors (Lipinski definition) is 2. The molecule has 2 aromatic rings. The number of nitrogens with one attached hydrogen (secondary N) is 1. The molecule has 21 heavy (non-hydrogen) atoms. The second-order valence-electron chi connectivity index (χ2n) is 4.53. The maximum Gasteiger partial charge on any atom is 0.339 e. The van der Waals surface area contributed by atoms with Gasteiger partial charge in [0.1, 0.15) is 17.6 Å². The van der Waals surface area contributed by atoms with Gasteiger partial charge in [0, 0.05) is 24.3 Å². The number of carboxylic acid groups (broad SMARTS) is 1. The Kier molecular flexibility index (Phi) is 4.84. The highest BCUT2D eigenvalue weighted by molar-refractivity contribution is 5.88. The second-order valence-corrected chi connectivity index (χ2v) is 4.53. The van der Waals surface area contributed by atoms with E-state index >= 15 is 0 Å². The molecule has 0 amide bonds. The highest BCUT2D eigenvalue weighted by atomic mass is 16.5. The van der Waals surface area contributed by atoms with Gasteiger partial charge in [-0.1, -0.05) is 18.2 Å². The molecule has 1 aromatic carbocycles. The zero-order valence-corrected chi connectivity index (χ0v) is 11.9. The molecule has 6 heteroatoms. The number of methoxy groups -OCH3 is 1. The third-order valence-electron chi connectivity index (χ3n) is 3.21. The Bertz CT molecular complexity index is 631. The van der Waals surface area contributed by atoms with E-state index in [1.165, 1.54) is 12.5 Å². The molecule has 6 nitrogen and oxygen atoms in total. The van der Waals surface area contributed by atoms with Crippen LogP contribution in [0.5, 0.6) is 5.75 Å². The summed E-state index contributed by atoms with van der Waals surface area (Å²) < 4.78 is 5.32. The quantitative estimate of drug-likeness (QED) is 0.845. The third-order valence-corrected chi connectivity index (χ3v) is 3.21. The monoisotopic (exact) mass is 287 g/mol. The Balaban J connectivity index is 2.11. The molecule has 1 atom stereocenters. The fourth-order valence-electron chi connectivity index (χ4n) is 2.06. The number of hydrogen-bond acceptors (Lipinski definition) is 5. The van der Waals surface area contributed by atoms with Gasteiger partial charge < -0.3 is 15.2 Å². The summed E-state index contributed by atoms with van der Waals surface area (Å²) in [6, 6.07) is 7.69. The Morgan fingerprint density at radius 2 is 2.19 bits per heavy atom. The summed E-state index contributed by atoms with van der Waals surface area (Å²) >= 11 is 0. The lowest BCUT2D eigenvalue weighted by molar-refractivity contribution is 0.0694. The molecular weight excluding hydrogens is 270 g/mol. The van der Waals surface area contributed by atoms with Gasteiger partial charge in [-0.3, -0.25) is 0 Å². The van der Waals surface area contributed by atoms with Crippen molar-refractivity contribution >= 4 is 5.97 Å². The molecule has 0 saturated heterocycles. The molecule has 0 aliphatic heterocycles. The van der Waals surface area contributed by atoms with Gasteiger partial charge in [-0.2, -0.15) is 0 Å². The summed E-state index contributed by atoms with van der Waals surface area (Å²) in [5, 5.41) is 12.4. The van der Waals surface area contributed by atoms with E-state index in [-0.39, 0.29) is 11.6 Å². The Morgan fingerprint density at radius 1 is 1.43 bits per heavy atom. The fourth-order valence-corrected chi connectivity index (χ4v) is 2.06. The van der Waals surface area contributed by atoms with Crippen molar-refractivity contribution in [3.8, 4) is 5.75 Å². The summed E-state index contributed by atoms with van der Waals surface area (Å²) in [6.07, 6.45) is 2.65. The third kappa shape index (κ3) is 3.55. The number of nitrogens with zero attached hydrogens (tertiary/aromatic N) is 2. The molecule has 1 aromatic heterocycles. The molecule has 110 valence electrons. The van der Waals surface area contributed by atoms with E-state index in [9.17, 15) is 4.79 Å². The fraction of sp³-hybridized carbons (Fsp3) is 0.267. The van der Waals surface area contributed by atoms with Gasteiger partial charge in [-0.15, -0.1) is 0 Å². The van der Waals surface area contributed by atoms with Gasteiger partial charge in [0.15, 0.2) is 0 Å². The lowest BCUT2D eigenvalue weighted by Crippen LogP contribution is -2.21. The first-order valence-corrected chi connectivity index (χ1v) is 6.52. The smallest absolute Gasteiger partial charge is 0.339 e. The standard InChI is InChI=1S/C15H17N3O3/c1-10(11-5-3-4-6-14(11)21-2)17-8-13-12(15(19)20)7-16-9-18-13/h3-7,9-10,17H,8H2,1-2H3,(H,19,20)/t10-/m0/s1. The van der Waals surface area contributed by atoms with Crippen LogP contribution in [0.25, 0.3) is 0 Å². The van der Waals surface area contributed by atoms with E-state index in [4.69, 9.17) is 9.84 Å². The van der Waals surface area contributed by atoms with Crippen molar-refractivity contribution in [1.29, 1.82) is 0 Å². The van der Waals surface area contributed by atoms with Gasteiger partial charge in [0.2, 0.25) is 0 Å². The Labute approximate surface area is 122 Å². The normalized spacial score (nSPS) is 11.9. The molecule has 0 radical (unpaired) electrons. The minimum absolute atomic E-state index is 0.00207. The van der Waals surface area contributed by atoms with Gasteiger partial charge in [-0.05, 0) is 13.0 Å². The van der Waals surface area contributed by atoms with Gasteiger partial charge in [-0.25, -0.2) is 14.8 Å². The average Bonchev–Trinajstić information content (AvgIpc) is 2.52. The van der Waals surface area contributed by atoms with E-state index in [1.807, 2.05) is 31.2 Å². The number of ether oxygens (including phenoxy) is 1. The van der Waals surface area contributed by atoms with E-state index < -0.39 is 5.97 Å². The van der Waals surface area contributed by atoms with E-state index in [0.717, 1.165) is 11.3 Å². The highest BCUT2D eigenvalue weighted by Gasteiger charge is 2.14. The number of carbonyl (C=O) groups is 1. The molecule has 0 aliphatic rings. The minimum Gasteiger partial charge on any atom is -0.496 e. The number of rotatable bonds is 6. The predicted molar refractivity (Wildman–Crippen MR) is 77.2 cm³/mol. The van der Waals surface area contributed by atoms with Crippen molar-refractivity contribution in [3.63, 3.8) is 0 Å². The first-order valence-electron chi connectivity index (χ1n) is 6.52. The van der Waals surface area contributed by atoms with Crippen molar-refractivity contribution in [1.82, 2.24) is 15.3 Å². The molecule has 0 spiro atoms.